The number of rotatable bonds is 8. The minimum atomic E-state index is -0.175. The summed E-state index contributed by atoms with van der Waals surface area (Å²) in [6.45, 7) is 0.465. The van der Waals surface area contributed by atoms with Crippen LogP contribution in [0.15, 0.2) is 16.8 Å². The summed E-state index contributed by atoms with van der Waals surface area (Å²) < 4.78 is 0. The van der Waals surface area contributed by atoms with Crippen molar-refractivity contribution < 1.29 is 14.4 Å². The SMILES string of the molecule is O=C(CCCNC(=O)c1ccsc1)NCC(=O)NC1CC1. The van der Waals surface area contributed by atoms with Crippen molar-refractivity contribution in [3.05, 3.63) is 22.4 Å². The second kappa shape index (κ2) is 7.78. The highest BCUT2D eigenvalue weighted by atomic mass is 32.1. The zero-order valence-electron chi connectivity index (χ0n) is 11.7. The highest BCUT2D eigenvalue weighted by molar-refractivity contribution is 7.08. The van der Waals surface area contributed by atoms with Crippen LogP contribution < -0.4 is 16.0 Å². The molecule has 1 aromatic heterocycles. The van der Waals surface area contributed by atoms with Crippen molar-refractivity contribution in [2.45, 2.75) is 31.7 Å². The Bertz CT molecular complexity index is 498. The van der Waals surface area contributed by atoms with Gasteiger partial charge in [-0.25, -0.2) is 0 Å². The summed E-state index contributed by atoms with van der Waals surface area (Å²) in [5.74, 6) is -0.442. The van der Waals surface area contributed by atoms with E-state index in [0.717, 1.165) is 12.8 Å². The number of carbonyl (C=O) groups excluding carboxylic acids is 3. The smallest absolute Gasteiger partial charge is 0.252 e. The topological polar surface area (TPSA) is 87.3 Å². The Hall–Kier alpha value is -1.89. The fourth-order valence-electron chi connectivity index (χ4n) is 1.72. The van der Waals surface area contributed by atoms with Gasteiger partial charge in [0.2, 0.25) is 11.8 Å². The molecule has 2 rings (SSSR count). The van der Waals surface area contributed by atoms with Gasteiger partial charge in [-0.05, 0) is 30.7 Å². The molecule has 1 saturated carbocycles. The van der Waals surface area contributed by atoms with Crippen molar-refractivity contribution in [1.82, 2.24) is 16.0 Å². The van der Waals surface area contributed by atoms with Gasteiger partial charge in [0.05, 0.1) is 6.54 Å². The summed E-state index contributed by atoms with van der Waals surface area (Å²) in [4.78, 5) is 34.5. The van der Waals surface area contributed by atoms with Gasteiger partial charge in [-0.2, -0.15) is 11.3 Å². The summed E-state index contributed by atoms with van der Waals surface area (Å²) in [6.07, 6.45) is 2.90. The third-order valence-corrected chi connectivity index (χ3v) is 3.72. The van der Waals surface area contributed by atoms with Crippen LogP contribution >= 0.6 is 11.3 Å². The van der Waals surface area contributed by atoms with Gasteiger partial charge in [0, 0.05) is 30.0 Å². The Balaban J connectivity index is 1.50. The van der Waals surface area contributed by atoms with Crippen LogP contribution in [0.2, 0.25) is 0 Å². The maximum atomic E-state index is 11.6. The Morgan fingerprint density at radius 3 is 2.67 bits per heavy atom. The lowest BCUT2D eigenvalue weighted by Gasteiger charge is -2.06. The minimum absolute atomic E-state index is 0.0244. The molecule has 1 aliphatic carbocycles. The molecule has 1 heterocycles. The molecule has 0 atom stereocenters. The first-order chi connectivity index (χ1) is 10.1. The number of carbonyl (C=O) groups is 3. The van der Waals surface area contributed by atoms with Crippen LogP contribution in [-0.4, -0.2) is 36.9 Å². The van der Waals surface area contributed by atoms with Crippen LogP contribution in [-0.2, 0) is 9.59 Å². The molecule has 1 aliphatic rings. The number of hydrogen-bond donors (Lipinski definition) is 3. The second-order valence-corrected chi connectivity index (χ2v) is 5.77. The van der Waals surface area contributed by atoms with Gasteiger partial charge in [-0.3, -0.25) is 14.4 Å². The molecule has 0 bridgehead atoms. The summed E-state index contributed by atoms with van der Waals surface area (Å²) in [5.41, 5.74) is 0.640. The van der Waals surface area contributed by atoms with E-state index in [4.69, 9.17) is 0 Å². The average molecular weight is 309 g/mol. The van der Waals surface area contributed by atoms with Crippen LogP contribution in [0.5, 0.6) is 0 Å². The highest BCUT2D eigenvalue weighted by Crippen LogP contribution is 2.18. The van der Waals surface area contributed by atoms with Gasteiger partial charge in [-0.15, -0.1) is 0 Å². The molecule has 6 nitrogen and oxygen atoms in total. The zero-order valence-corrected chi connectivity index (χ0v) is 12.5. The van der Waals surface area contributed by atoms with E-state index < -0.39 is 0 Å². The fraction of sp³-hybridized carbons (Fsp3) is 0.500. The van der Waals surface area contributed by atoms with Crippen molar-refractivity contribution in [2.24, 2.45) is 0 Å². The van der Waals surface area contributed by atoms with Crippen molar-refractivity contribution in [3.8, 4) is 0 Å². The molecule has 7 heteroatoms. The van der Waals surface area contributed by atoms with Gasteiger partial charge in [0.15, 0.2) is 0 Å². The van der Waals surface area contributed by atoms with Crippen LogP contribution in [0.3, 0.4) is 0 Å². The Labute approximate surface area is 127 Å². The largest absolute Gasteiger partial charge is 0.352 e. The lowest BCUT2D eigenvalue weighted by atomic mass is 10.2. The van der Waals surface area contributed by atoms with Crippen LogP contribution in [0.25, 0.3) is 0 Å². The monoisotopic (exact) mass is 309 g/mol. The van der Waals surface area contributed by atoms with Gasteiger partial charge in [0.25, 0.3) is 5.91 Å². The maximum absolute atomic E-state index is 11.6. The van der Waals surface area contributed by atoms with Crippen LogP contribution in [0, 0.1) is 0 Å². The summed E-state index contributed by atoms with van der Waals surface area (Å²) in [7, 11) is 0. The van der Waals surface area contributed by atoms with Crippen molar-refractivity contribution >= 4 is 29.1 Å². The molecule has 0 saturated heterocycles. The highest BCUT2D eigenvalue weighted by Gasteiger charge is 2.23. The molecule has 1 fully saturated rings. The lowest BCUT2D eigenvalue weighted by Crippen LogP contribution is -2.38. The van der Waals surface area contributed by atoms with Crippen molar-refractivity contribution in [2.75, 3.05) is 13.1 Å². The van der Waals surface area contributed by atoms with Crippen LogP contribution in [0.4, 0.5) is 0 Å². The summed E-state index contributed by atoms with van der Waals surface area (Å²) in [5, 5.41) is 11.7. The first-order valence-corrected chi connectivity index (χ1v) is 7.96. The van der Waals surface area contributed by atoms with E-state index in [1.807, 2.05) is 5.38 Å². The molecule has 1 aromatic rings. The maximum Gasteiger partial charge on any atom is 0.252 e. The average Bonchev–Trinajstić information content (AvgIpc) is 3.10. The van der Waals surface area contributed by atoms with Crippen molar-refractivity contribution in [3.63, 3.8) is 0 Å². The predicted molar refractivity (Wildman–Crippen MR) is 80.1 cm³/mol. The molecule has 0 aliphatic heterocycles. The third kappa shape index (κ3) is 5.95. The van der Waals surface area contributed by atoms with E-state index in [-0.39, 0.29) is 24.3 Å². The number of hydrogen-bond acceptors (Lipinski definition) is 4. The van der Waals surface area contributed by atoms with E-state index in [1.54, 1.807) is 11.4 Å². The second-order valence-electron chi connectivity index (χ2n) is 4.99. The van der Waals surface area contributed by atoms with Gasteiger partial charge < -0.3 is 16.0 Å². The molecular weight excluding hydrogens is 290 g/mol. The molecular formula is C14H19N3O3S. The number of amides is 3. The molecule has 0 aromatic carbocycles. The zero-order chi connectivity index (χ0) is 15.1. The Kier molecular flexibility index (Phi) is 5.74. The quantitative estimate of drug-likeness (QED) is 0.616. The van der Waals surface area contributed by atoms with E-state index in [9.17, 15) is 14.4 Å². The number of thiophene rings is 1. The van der Waals surface area contributed by atoms with E-state index in [0.29, 0.717) is 31.0 Å². The molecule has 3 amide bonds. The van der Waals surface area contributed by atoms with E-state index in [1.165, 1.54) is 11.3 Å². The van der Waals surface area contributed by atoms with E-state index in [2.05, 4.69) is 16.0 Å². The van der Waals surface area contributed by atoms with Crippen molar-refractivity contribution in [1.29, 1.82) is 0 Å². The summed E-state index contributed by atoms with van der Waals surface area (Å²) in [6, 6.07) is 2.06. The van der Waals surface area contributed by atoms with E-state index >= 15 is 0 Å². The lowest BCUT2D eigenvalue weighted by molar-refractivity contribution is -0.126. The normalized spacial score (nSPS) is 13.5. The predicted octanol–water partition coefficient (Wildman–Crippen LogP) is 0.653. The Morgan fingerprint density at radius 2 is 2.00 bits per heavy atom. The minimum Gasteiger partial charge on any atom is -0.352 e. The first-order valence-electron chi connectivity index (χ1n) is 7.01. The molecule has 21 heavy (non-hydrogen) atoms. The standard InChI is InChI=1S/C14H19N3O3S/c18-12(16-8-13(19)17-11-3-4-11)2-1-6-15-14(20)10-5-7-21-9-10/h5,7,9,11H,1-4,6,8H2,(H,15,20)(H,16,18)(H,17,19). The van der Waals surface area contributed by atoms with Gasteiger partial charge >= 0.3 is 0 Å². The molecule has 3 N–H and O–H groups in total. The molecule has 114 valence electrons. The van der Waals surface area contributed by atoms with Crippen LogP contribution in [0.1, 0.15) is 36.0 Å². The number of nitrogens with one attached hydrogen (secondary N) is 3. The molecule has 0 unspecified atom stereocenters. The Morgan fingerprint density at radius 1 is 1.19 bits per heavy atom. The molecule has 0 spiro atoms. The van der Waals surface area contributed by atoms with Gasteiger partial charge in [0.1, 0.15) is 0 Å². The first kappa shape index (κ1) is 15.5. The third-order valence-electron chi connectivity index (χ3n) is 3.04. The summed E-state index contributed by atoms with van der Waals surface area (Å²) >= 11 is 1.47. The molecule has 0 radical (unpaired) electrons. The van der Waals surface area contributed by atoms with Gasteiger partial charge in [-0.1, -0.05) is 0 Å². The fourth-order valence-corrected chi connectivity index (χ4v) is 2.36.